The zero-order valence-corrected chi connectivity index (χ0v) is 12.0. The molecule has 0 spiro atoms. The van der Waals surface area contributed by atoms with E-state index in [1.54, 1.807) is 0 Å². The smallest absolute Gasteiger partial charge is 0.0469 e. The quantitative estimate of drug-likeness (QED) is 0.786. The van der Waals surface area contributed by atoms with Gasteiger partial charge in [0.2, 0.25) is 0 Å². The summed E-state index contributed by atoms with van der Waals surface area (Å²) in [5, 5.41) is 3.54. The van der Waals surface area contributed by atoms with Gasteiger partial charge in [0.15, 0.2) is 0 Å². The summed E-state index contributed by atoms with van der Waals surface area (Å²) in [6, 6.07) is 0. The highest BCUT2D eigenvalue weighted by Crippen LogP contribution is 2.18. The van der Waals surface area contributed by atoms with E-state index < -0.39 is 0 Å². The molecular weight excluding hydrogens is 224 g/mol. The summed E-state index contributed by atoms with van der Waals surface area (Å²) in [6.07, 6.45) is 6.60. The van der Waals surface area contributed by atoms with Crippen LogP contribution < -0.4 is 5.32 Å². The predicted octanol–water partition coefficient (Wildman–Crippen LogP) is 2.12. The second-order valence-corrected chi connectivity index (χ2v) is 6.03. The van der Waals surface area contributed by atoms with E-state index in [1.807, 2.05) is 0 Å². The monoisotopic (exact) mass is 254 g/mol. The lowest BCUT2D eigenvalue weighted by Crippen LogP contribution is -2.41. The van der Waals surface area contributed by atoms with Gasteiger partial charge in [0.05, 0.1) is 0 Å². The Morgan fingerprint density at radius 3 is 2.56 bits per heavy atom. The van der Waals surface area contributed by atoms with Crippen LogP contribution in [0.4, 0.5) is 0 Å². The second kappa shape index (κ2) is 8.13. The number of nitrogens with zero attached hydrogens (tertiary/aromatic N) is 1. The Labute approximate surface area is 112 Å². The van der Waals surface area contributed by atoms with Crippen LogP contribution in [0.15, 0.2) is 0 Å². The van der Waals surface area contributed by atoms with Gasteiger partial charge in [0.1, 0.15) is 0 Å². The fourth-order valence-corrected chi connectivity index (χ4v) is 3.31. The van der Waals surface area contributed by atoms with Crippen LogP contribution in [0.5, 0.6) is 0 Å². The minimum atomic E-state index is 0.877. The third kappa shape index (κ3) is 4.87. The van der Waals surface area contributed by atoms with Crippen LogP contribution in [-0.4, -0.2) is 50.8 Å². The van der Waals surface area contributed by atoms with Gasteiger partial charge in [0, 0.05) is 26.3 Å². The van der Waals surface area contributed by atoms with Crippen molar-refractivity contribution in [1.82, 2.24) is 10.2 Å². The average Bonchev–Trinajstić information content (AvgIpc) is 2.41. The molecule has 1 N–H and O–H groups in total. The van der Waals surface area contributed by atoms with Gasteiger partial charge < -0.3 is 15.0 Å². The highest BCUT2D eigenvalue weighted by atomic mass is 16.5. The Morgan fingerprint density at radius 2 is 1.89 bits per heavy atom. The van der Waals surface area contributed by atoms with E-state index in [-0.39, 0.29) is 0 Å². The molecule has 1 atom stereocenters. The minimum absolute atomic E-state index is 0.877. The normalized spacial score (nSPS) is 26.7. The van der Waals surface area contributed by atoms with E-state index in [0.717, 1.165) is 25.0 Å². The third-order valence-electron chi connectivity index (χ3n) is 4.31. The second-order valence-electron chi connectivity index (χ2n) is 6.03. The Kier molecular flexibility index (Phi) is 6.46. The van der Waals surface area contributed by atoms with Gasteiger partial charge in [-0.2, -0.15) is 0 Å². The van der Waals surface area contributed by atoms with Crippen molar-refractivity contribution in [2.75, 3.05) is 45.9 Å². The largest absolute Gasteiger partial charge is 0.381 e. The summed E-state index contributed by atoms with van der Waals surface area (Å²) >= 11 is 0. The first kappa shape index (κ1) is 14.3. The first-order valence-corrected chi connectivity index (χ1v) is 7.89. The zero-order chi connectivity index (χ0) is 12.6. The minimum Gasteiger partial charge on any atom is -0.381 e. The van der Waals surface area contributed by atoms with E-state index in [1.165, 1.54) is 64.8 Å². The van der Waals surface area contributed by atoms with Gasteiger partial charge >= 0.3 is 0 Å². The Balaban J connectivity index is 1.74. The molecule has 0 bridgehead atoms. The maximum absolute atomic E-state index is 5.46. The van der Waals surface area contributed by atoms with E-state index in [2.05, 4.69) is 17.1 Å². The molecular formula is C15H30N2O. The molecule has 2 heterocycles. The van der Waals surface area contributed by atoms with Crippen LogP contribution in [0.25, 0.3) is 0 Å². The number of piperidine rings is 1. The van der Waals surface area contributed by atoms with Crippen molar-refractivity contribution >= 4 is 0 Å². The number of hydrogen-bond acceptors (Lipinski definition) is 3. The van der Waals surface area contributed by atoms with Crippen molar-refractivity contribution in [2.24, 2.45) is 11.8 Å². The molecule has 2 aliphatic heterocycles. The highest BCUT2D eigenvalue weighted by Gasteiger charge is 2.20. The van der Waals surface area contributed by atoms with Crippen LogP contribution in [0, 0.1) is 11.8 Å². The van der Waals surface area contributed by atoms with Gasteiger partial charge in [-0.25, -0.2) is 0 Å². The molecule has 2 rings (SSSR count). The molecule has 2 saturated heterocycles. The van der Waals surface area contributed by atoms with Gasteiger partial charge in [-0.15, -0.1) is 0 Å². The van der Waals surface area contributed by atoms with Gasteiger partial charge in [0.25, 0.3) is 0 Å². The first-order valence-electron chi connectivity index (χ1n) is 7.89. The van der Waals surface area contributed by atoms with E-state index in [4.69, 9.17) is 4.74 Å². The average molecular weight is 254 g/mol. The third-order valence-corrected chi connectivity index (χ3v) is 4.31. The van der Waals surface area contributed by atoms with Crippen molar-refractivity contribution in [1.29, 1.82) is 0 Å². The summed E-state index contributed by atoms with van der Waals surface area (Å²) in [4.78, 5) is 2.72. The van der Waals surface area contributed by atoms with Crippen LogP contribution >= 0.6 is 0 Å². The molecule has 3 heteroatoms. The SMILES string of the molecule is CCCN(CC1CCOCC1)CC1CCCNC1. The van der Waals surface area contributed by atoms with Gasteiger partial charge in [-0.3, -0.25) is 0 Å². The number of hydrogen-bond donors (Lipinski definition) is 1. The number of ether oxygens (including phenoxy) is 1. The van der Waals surface area contributed by atoms with Gasteiger partial charge in [-0.05, 0) is 63.6 Å². The maximum atomic E-state index is 5.46. The van der Waals surface area contributed by atoms with E-state index in [9.17, 15) is 0 Å². The molecule has 0 aromatic rings. The van der Waals surface area contributed by atoms with E-state index >= 15 is 0 Å². The molecule has 18 heavy (non-hydrogen) atoms. The topological polar surface area (TPSA) is 24.5 Å². The molecule has 2 aliphatic rings. The molecule has 1 unspecified atom stereocenters. The van der Waals surface area contributed by atoms with Crippen LogP contribution in [-0.2, 0) is 4.74 Å². The fraction of sp³-hybridized carbons (Fsp3) is 1.00. The lowest BCUT2D eigenvalue weighted by molar-refractivity contribution is 0.0494. The van der Waals surface area contributed by atoms with Crippen molar-refractivity contribution < 1.29 is 4.74 Å². The molecule has 106 valence electrons. The van der Waals surface area contributed by atoms with Crippen LogP contribution in [0.2, 0.25) is 0 Å². The molecule has 0 radical (unpaired) electrons. The first-order chi connectivity index (χ1) is 8.88. The van der Waals surface area contributed by atoms with Crippen molar-refractivity contribution in [3.63, 3.8) is 0 Å². The molecule has 3 nitrogen and oxygen atoms in total. The lowest BCUT2D eigenvalue weighted by atomic mass is 9.96. The molecule has 0 aromatic heterocycles. The van der Waals surface area contributed by atoms with Gasteiger partial charge in [-0.1, -0.05) is 6.92 Å². The zero-order valence-electron chi connectivity index (χ0n) is 12.0. The Hall–Kier alpha value is -0.120. The number of rotatable bonds is 6. The molecule has 0 amide bonds. The summed E-state index contributed by atoms with van der Waals surface area (Å²) in [6.45, 7) is 10.6. The fourth-order valence-electron chi connectivity index (χ4n) is 3.31. The Morgan fingerprint density at radius 1 is 1.11 bits per heavy atom. The van der Waals surface area contributed by atoms with Crippen LogP contribution in [0.1, 0.15) is 39.0 Å². The highest BCUT2D eigenvalue weighted by molar-refractivity contribution is 4.75. The lowest BCUT2D eigenvalue weighted by Gasteiger charge is -2.33. The number of nitrogens with one attached hydrogen (secondary N) is 1. The maximum Gasteiger partial charge on any atom is 0.0469 e. The van der Waals surface area contributed by atoms with Crippen molar-refractivity contribution in [2.45, 2.75) is 39.0 Å². The standard InChI is InChI=1S/C15H30N2O/c1-2-8-17(12-14-5-9-18-10-6-14)13-15-4-3-7-16-11-15/h14-16H,2-13H2,1H3. The van der Waals surface area contributed by atoms with Crippen LogP contribution in [0.3, 0.4) is 0 Å². The predicted molar refractivity (Wildman–Crippen MR) is 75.9 cm³/mol. The molecule has 0 aliphatic carbocycles. The van der Waals surface area contributed by atoms with E-state index in [0.29, 0.717) is 0 Å². The Bertz CT molecular complexity index is 191. The molecule has 2 fully saturated rings. The van der Waals surface area contributed by atoms with Crippen molar-refractivity contribution in [3.8, 4) is 0 Å². The summed E-state index contributed by atoms with van der Waals surface area (Å²) in [7, 11) is 0. The molecule has 0 saturated carbocycles. The van der Waals surface area contributed by atoms with Crippen molar-refractivity contribution in [3.05, 3.63) is 0 Å². The summed E-state index contributed by atoms with van der Waals surface area (Å²) in [5.41, 5.74) is 0. The molecule has 0 aromatic carbocycles. The summed E-state index contributed by atoms with van der Waals surface area (Å²) in [5.74, 6) is 1.76. The summed E-state index contributed by atoms with van der Waals surface area (Å²) < 4.78 is 5.46.